The number of hydrogen-bond acceptors (Lipinski definition) is 11. The van der Waals surface area contributed by atoms with Gasteiger partial charge >= 0.3 is 13.7 Å². The van der Waals surface area contributed by atoms with Crippen molar-refractivity contribution in [1.29, 1.82) is 0 Å². The number of amidine groups is 1. The molecule has 33 heavy (non-hydrogen) atoms. The van der Waals surface area contributed by atoms with E-state index in [0.29, 0.717) is 0 Å². The van der Waals surface area contributed by atoms with Gasteiger partial charge in [0.1, 0.15) is 24.2 Å². The highest BCUT2D eigenvalue weighted by Gasteiger charge is 2.37. The minimum absolute atomic E-state index is 0.0965. The van der Waals surface area contributed by atoms with E-state index in [1.807, 2.05) is 0 Å². The zero-order chi connectivity index (χ0) is 24.0. The Morgan fingerprint density at radius 2 is 2.09 bits per heavy atom. The number of nitrogens with zero attached hydrogens (tertiary/aromatic N) is 2. The summed E-state index contributed by atoms with van der Waals surface area (Å²) in [5.74, 6) is -0.140. The molecule has 4 N–H and O–H groups in total. The van der Waals surface area contributed by atoms with E-state index >= 15 is 0 Å². The van der Waals surface area contributed by atoms with Gasteiger partial charge < -0.3 is 34.5 Å². The first kappa shape index (κ1) is 25.2. The lowest BCUT2D eigenvalue weighted by Gasteiger charge is -2.30. The van der Waals surface area contributed by atoms with Gasteiger partial charge in [-0.25, -0.2) is 9.56 Å². The van der Waals surface area contributed by atoms with Gasteiger partial charge in [-0.2, -0.15) is 5.09 Å². The van der Waals surface area contributed by atoms with Crippen molar-refractivity contribution >= 4 is 19.6 Å². The quantitative estimate of drug-likeness (QED) is 0.325. The SMILES string of the molecule is CC(C)OC(=O)[C@H](C)NP(=O)(OC[C@H]1OC[C@@H](N2C=CC(N)=NC2O)O1)Oc1ccccc1. The lowest BCUT2D eigenvalue weighted by atomic mass is 10.3. The Labute approximate surface area is 191 Å². The fourth-order valence-electron chi connectivity index (χ4n) is 2.91. The largest absolute Gasteiger partial charge is 0.462 e. The number of hydrogen-bond donors (Lipinski definition) is 3. The molecule has 182 valence electrons. The van der Waals surface area contributed by atoms with Gasteiger partial charge in [-0.1, -0.05) is 18.2 Å². The third kappa shape index (κ3) is 7.26. The van der Waals surface area contributed by atoms with E-state index in [2.05, 4.69) is 10.1 Å². The van der Waals surface area contributed by atoms with Crippen molar-refractivity contribution in [2.45, 2.75) is 51.8 Å². The molecule has 0 spiro atoms. The van der Waals surface area contributed by atoms with E-state index < -0.39 is 38.6 Å². The molecule has 2 aliphatic heterocycles. The average molecular weight is 484 g/mol. The van der Waals surface area contributed by atoms with Crippen molar-refractivity contribution in [3.8, 4) is 5.75 Å². The third-order valence-corrected chi connectivity index (χ3v) is 6.06. The third-order valence-electron chi connectivity index (χ3n) is 4.42. The predicted octanol–water partition coefficient (Wildman–Crippen LogP) is 1.28. The molecule has 2 heterocycles. The van der Waals surface area contributed by atoms with Crippen LogP contribution in [0.25, 0.3) is 0 Å². The molecular formula is C20H29N4O8P. The van der Waals surface area contributed by atoms with Crippen molar-refractivity contribution in [2.24, 2.45) is 10.7 Å². The number of para-hydroxylation sites is 1. The maximum atomic E-state index is 13.4. The molecule has 0 saturated carbocycles. The van der Waals surface area contributed by atoms with Crippen LogP contribution in [0.4, 0.5) is 0 Å². The van der Waals surface area contributed by atoms with Crippen molar-refractivity contribution in [1.82, 2.24) is 9.99 Å². The van der Waals surface area contributed by atoms with Crippen molar-refractivity contribution in [3.63, 3.8) is 0 Å². The molecule has 1 aromatic carbocycles. The molecule has 0 bridgehead atoms. The number of aliphatic imine (C=N–C) groups is 1. The summed E-state index contributed by atoms with van der Waals surface area (Å²) in [6, 6.07) is 7.41. The molecule has 0 aromatic heterocycles. The number of esters is 1. The van der Waals surface area contributed by atoms with Crippen LogP contribution >= 0.6 is 7.75 Å². The first-order valence-electron chi connectivity index (χ1n) is 10.4. The van der Waals surface area contributed by atoms with Gasteiger partial charge in [0.05, 0.1) is 12.7 Å². The van der Waals surface area contributed by atoms with E-state index in [1.165, 1.54) is 24.1 Å². The van der Waals surface area contributed by atoms with E-state index in [1.54, 1.807) is 44.2 Å². The summed E-state index contributed by atoms with van der Waals surface area (Å²) in [5, 5.41) is 12.6. The molecule has 1 saturated heterocycles. The lowest BCUT2D eigenvalue weighted by molar-refractivity contribution is -0.149. The Balaban J connectivity index is 1.62. The Bertz CT molecular complexity index is 913. The Hall–Kier alpha value is -2.47. The number of carbonyl (C=O) groups is 1. The zero-order valence-electron chi connectivity index (χ0n) is 18.6. The number of rotatable bonds is 10. The summed E-state index contributed by atoms with van der Waals surface area (Å²) in [6.45, 7) is 4.72. The molecule has 1 fully saturated rings. The van der Waals surface area contributed by atoms with Crippen LogP contribution in [0.2, 0.25) is 0 Å². The highest BCUT2D eigenvalue weighted by atomic mass is 31.2. The summed E-state index contributed by atoms with van der Waals surface area (Å²) in [6.07, 6.45) is -0.0746. The number of benzene rings is 1. The fraction of sp³-hybridized carbons (Fsp3) is 0.500. The number of nitrogens with two attached hydrogens (primary N) is 1. The molecule has 2 unspecified atom stereocenters. The second-order valence-electron chi connectivity index (χ2n) is 7.55. The van der Waals surface area contributed by atoms with Crippen LogP contribution in [0.3, 0.4) is 0 Å². The second-order valence-corrected chi connectivity index (χ2v) is 9.24. The van der Waals surface area contributed by atoms with Gasteiger partial charge in [-0.05, 0) is 39.0 Å². The molecule has 1 aromatic rings. The summed E-state index contributed by atoms with van der Waals surface area (Å²) in [7, 11) is -4.05. The standard InChI is InChI=1S/C20H29N4O8P/c1-13(2)30-19(25)14(3)23-33(27,32-15-7-5-4-6-8-15)29-12-18-28-11-17(31-18)24-10-9-16(21)22-20(24)26/h4-10,13-14,17-18,20,26H,11-12H2,1-3H3,(H2,21,22)(H,23,27)/t14-,17-,18-,20?,33?/m0/s1. The highest BCUT2D eigenvalue weighted by Crippen LogP contribution is 2.45. The predicted molar refractivity (Wildman–Crippen MR) is 118 cm³/mol. The van der Waals surface area contributed by atoms with Crippen molar-refractivity contribution < 1.29 is 37.7 Å². The summed E-state index contributed by atoms with van der Waals surface area (Å²) >= 11 is 0. The van der Waals surface area contributed by atoms with Crippen LogP contribution in [0.1, 0.15) is 20.8 Å². The molecule has 5 atom stereocenters. The van der Waals surface area contributed by atoms with Crippen molar-refractivity contribution in [2.75, 3.05) is 13.2 Å². The molecular weight excluding hydrogens is 455 g/mol. The maximum Gasteiger partial charge on any atom is 0.459 e. The number of nitrogens with one attached hydrogen (secondary N) is 1. The topological polar surface area (TPSA) is 154 Å². The average Bonchev–Trinajstić information content (AvgIpc) is 3.21. The molecule has 2 aliphatic rings. The molecule has 0 radical (unpaired) electrons. The number of aliphatic hydroxyl groups excluding tert-OH is 1. The number of ether oxygens (including phenoxy) is 3. The van der Waals surface area contributed by atoms with E-state index in [4.69, 9.17) is 29.0 Å². The second kappa shape index (κ2) is 11.1. The van der Waals surface area contributed by atoms with Crippen molar-refractivity contribution in [3.05, 3.63) is 42.6 Å². The monoisotopic (exact) mass is 484 g/mol. The van der Waals surface area contributed by atoms with Crippen LogP contribution in [0.5, 0.6) is 5.75 Å². The van der Waals surface area contributed by atoms with Gasteiger partial charge in [-0.15, -0.1) is 0 Å². The van der Waals surface area contributed by atoms with Crippen LogP contribution in [0.15, 0.2) is 47.6 Å². The van der Waals surface area contributed by atoms with Gasteiger partial charge in [0, 0.05) is 6.20 Å². The molecule has 12 nitrogen and oxygen atoms in total. The molecule has 13 heteroatoms. The highest BCUT2D eigenvalue weighted by molar-refractivity contribution is 7.52. The first-order chi connectivity index (χ1) is 15.6. The summed E-state index contributed by atoms with van der Waals surface area (Å²) in [5.41, 5.74) is 5.56. The Morgan fingerprint density at radius 3 is 2.76 bits per heavy atom. The number of aliphatic hydroxyl groups is 1. The van der Waals surface area contributed by atoms with Gasteiger partial charge in [-0.3, -0.25) is 9.32 Å². The smallest absolute Gasteiger partial charge is 0.459 e. The van der Waals surface area contributed by atoms with E-state index in [0.717, 1.165) is 0 Å². The fourth-order valence-corrected chi connectivity index (χ4v) is 4.38. The lowest BCUT2D eigenvalue weighted by Crippen LogP contribution is -2.43. The zero-order valence-corrected chi connectivity index (χ0v) is 19.5. The van der Waals surface area contributed by atoms with E-state index in [-0.39, 0.29) is 30.9 Å². The molecule has 0 aliphatic carbocycles. The number of carbonyl (C=O) groups excluding carboxylic acids is 1. The van der Waals surface area contributed by atoms with Gasteiger partial charge in [0.2, 0.25) is 6.35 Å². The maximum absolute atomic E-state index is 13.4. The molecule has 3 rings (SSSR count). The minimum atomic E-state index is -4.05. The Morgan fingerprint density at radius 1 is 1.36 bits per heavy atom. The van der Waals surface area contributed by atoms with Crippen LogP contribution in [-0.4, -0.2) is 66.0 Å². The van der Waals surface area contributed by atoms with Crippen LogP contribution in [-0.2, 0) is 28.1 Å². The van der Waals surface area contributed by atoms with Crippen LogP contribution in [0, 0.1) is 0 Å². The first-order valence-corrected chi connectivity index (χ1v) is 11.9. The molecule has 0 amide bonds. The van der Waals surface area contributed by atoms with Gasteiger partial charge in [0.25, 0.3) is 0 Å². The normalized spacial score (nSPS) is 25.4. The Kier molecular flexibility index (Phi) is 8.46. The summed E-state index contributed by atoms with van der Waals surface area (Å²) in [4.78, 5) is 17.4. The van der Waals surface area contributed by atoms with Crippen LogP contribution < -0.4 is 15.3 Å². The van der Waals surface area contributed by atoms with Gasteiger partial charge in [0.15, 0.2) is 12.5 Å². The minimum Gasteiger partial charge on any atom is -0.462 e. The summed E-state index contributed by atoms with van der Waals surface area (Å²) < 4.78 is 41.0. The van der Waals surface area contributed by atoms with E-state index in [9.17, 15) is 14.5 Å².